The smallest absolute Gasteiger partial charge is 0.411 e. The predicted molar refractivity (Wildman–Crippen MR) is 87.0 cm³/mol. The van der Waals surface area contributed by atoms with Crippen LogP contribution in [0.4, 0.5) is 9.18 Å². The molecule has 6 heteroatoms. The Morgan fingerprint density at radius 1 is 1.42 bits per heavy atom. The first-order valence-electron chi connectivity index (χ1n) is 7.85. The van der Waals surface area contributed by atoms with Crippen LogP contribution in [-0.4, -0.2) is 42.3 Å². The molecule has 0 bridgehead atoms. The van der Waals surface area contributed by atoms with Gasteiger partial charge in [0.25, 0.3) is 0 Å². The number of rotatable bonds is 6. The second-order valence-electron chi connectivity index (χ2n) is 5.80. The van der Waals surface area contributed by atoms with E-state index in [4.69, 9.17) is 9.47 Å². The molecule has 1 aromatic rings. The first kappa shape index (κ1) is 18.0. The zero-order valence-corrected chi connectivity index (χ0v) is 13.7. The Kier molecular flexibility index (Phi) is 5.95. The van der Waals surface area contributed by atoms with Crippen molar-refractivity contribution < 1.29 is 23.5 Å². The fraction of sp³-hybridized carbons (Fsp3) is 0.444. The molecule has 1 heterocycles. The summed E-state index contributed by atoms with van der Waals surface area (Å²) in [7, 11) is 1.23. The summed E-state index contributed by atoms with van der Waals surface area (Å²) in [6.45, 7) is 3.50. The Bertz CT molecular complexity index is 592. The molecular weight excluding hydrogens is 313 g/mol. The maximum Gasteiger partial charge on any atom is 0.411 e. The lowest BCUT2D eigenvalue weighted by Gasteiger charge is -2.34. The van der Waals surface area contributed by atoms with Gasteiger partial charge in [0.05, 0.1) is 13.7 Å². The summed E-state index contributed by atoms with van der Waals surface area (Å²) in [5.74, 6) is -0.624. The normalized spacial score (nSPS) is 22.9. The van der Waals surface area contributed by atoms with E-state index in [2.05, 4.69) is 6.58 Å². The third-order valence-corrected chi connectivity index (χ3v) is 4.21. The van der Waals surface area contributed by atoms with Gasteiger partial charge in [-0.2, -0.15) is 0 Å². The number of esters is 1. The van der Waals surface area contributed by atoms with Crippen molar-refractivity contribution in [1.29, 1.82) is 0 Å². The number of benzene rings is 1. The van der Waals surface area contributed by atoms with Gasteiger partial charge in [-0.3, -0.25) is 4.90 Å². The lowest BCUT2D eigenvalue weighted by atomic mass is 9.90. The minimum Gasteiger partial charge on any atom is -0.467 e. The van der Waals surface area contributed by atoms with Crippen LogP contribution < -0.4 is 0 Å². The number of nitrogens with zero attached hydrogens (tertiary/aromatic N) is 1. The van der Waals surface area contributed by atoms with Gasteiger partial charge in [0.2, 0.25) is 0 Å². The quantitative estimate of drug-likeness (QED) is 0.591. The maximum atomic E-state index is 14.0. The number of hydrogen-bond donors (Lipinski definition) is 0. The molecule has 1 fully saturated rings. The first-order chi connectivity index (χ1) is 11.5. The summed E-state index contributed by atoms with van der Waals surface area (Å²) in [5, 5.41) is 0. The number of allylic oxidation sites excluding steroid dienone is 1. The molecule has 2 atom stereocenters. The largest absolute Gasteiger partial charge is 0.467 e. The highest BCUT2D eigenvalue weighted by atomic mass is 19.1. The number of halogens is 1. The van der Waals surface area contributed by atoms with E-state index >= 15 is 0 Å². The van der Waals surface area contributed by atoms with Crippen molar-refractivity contribution in [3.63, 3.8) is 0 Å². The summed E-state index contributed by atoms with van der Waals surface area (Å²) in [5.41, 5.74) is -0.521. The minimum absolute atomic E-state index is 0.0613. The van der Waals surface area contributed by atoms with E-state index in [1.807, 2.05) is 30.3 Å². The molecule has 2 rings (SSSR count). The van der Waals surface area contributed by atoms with Crippen LogP contribution in [0.15, 0.2) is 43.0 Å². The molecule has 0 radical (unpaired) electrons. The van der Waals surface area contributed by atoms with E-state index in [-0.39, 0.29) is 26.0 Å². The van der Waals surface area contributed by atoms with Gasteiger partial charge in [-0.15, -0.1) is 6.58 Å². The Hall–Kier alpha value is -2.37. The van der Waals surface area contributed by atoms with Crippen LogP contribution in [0.5, 0.6) is 0 Å². The van der Waals surface area contributed by atoms with Crippen molar-refractivity contribution in [1.82, 2.24) is 4.90 Å². The van der Waals surface area contributed by atoms with E-state index in [1.165, 1.54) is 7.11 Å². The van der Waals surface area contributed by atoms with Gasteiger partial charge in [-0.25, -0.2) is 14.0 Å². The van der Waals surface area contributed by atoms with Crippen molar-refractivity contribution >= 4 is 12.1 Å². The van der Waals surface area contributed by atoms with Crippen LogP contribution in [0, 0.1) is 0 Å². The van der Waals surface area contributed by atoms with E-state index in [0.29, 0.717) is 6.42 Å². The standard InChI is InChI=1S/C18H22FNO4/c1-3-4-10-18(16(21)23-2)11-15(19)12-20(18)17(22)24-13-14-8-6-5-7-9-14/h3,5-9,15H,1,4,10-13H2,2H3/t15?,18-/m0/s1. The van der Waals surface area contributed by atoms with E-state index in [0.717, 1.165) is 10.5 Å². The molecule has 1 amide bonds. The zero-order valence-electron chi connectivity index (χ0n) is 13.7. The van der Waals surface area contributed by atoms with Crippen LogP contribution in [0.2, 0.25) is 0 Å². The molecule has 1 saturated heterocycles. The van der Waals surface area contributed by atoms with Crippen molar-refractivity contribution in [2.75, 3.05) is 13.7 Å². The highest BCUT2D eigenvalue weighted by Crippen LogP contribution is 2.37. The third kappa shape index (κ3) is 3.75. The van der Waals surface area contributed by atoms with Gasteiger partial charge < -0.3 is 9.47 Å². The first-order valence-corrected chi connectivity index (χ1v) is 7.85. The van der Waals surface area contributed by atoms with Crippen molar-refractivity contribution in [3.8, 4) is 0 Å². The topological polar surface area (TPSA) is 55.8 Å². The molecule has 0 saturated carbocycles. The summed E-state index contributed by atoms with van der Waals surface area (Å²) < 4.78 is 24.1. The van der Waals surface area contributed by atoms with Crippen molar-refractivity contribution in [3.05, 3.63) is 48.6 Å². The zero-order chi connectivity index (χ0) is 17.6. The highest BCUT2D eigenvalue weighted by Gasteiger charge is 2.54. The Morgan fingerprint density at radius 2 is 2.12 bits per heavy atom. The molecule has 0 spiro atoms. The molecule has 1 aromatic carbocycles. The molecule has 1 aliphatic rings. The average molecular weight is 335 g/mol. The van der Waals surface area contributed by atoms with E-state index < -0.39 is 23.8 Å². The summed E-state index contributed by atoms with van der Waals surface area (Å²) in [6, 6.07) is 9.16. The van der Waals surface area contributed by atoms with Crippen molar-refractivity contribution in [2.45, 2.75) is 37.6 Å². The number of amides is 1. The Balaban J connectivity index is 2.15. The average Bonchev–Trinajstić information content (AvgIpc) is 2.95. The number of carbonyl (C=O) groups is 2. The molecule has 5 nitrogen and oxygen atoms in total. The summed E-state index contributed by atoms with van der Waals surface area (Å²) >= 11 is 0. The highest BCUT2D eigenvalue weighted by molar-refractivity contribution is 5.86. The lowest BCUT2D eigenvalue weighted by Crippen LogP contribution is -2.53. The Morgan fingerprint density at radius 3 is 2.75 bits per heavy atom. The SMILES string of the molecule is C=CCC[C@@]1(C(=O)OC)CC(F)CN1C(=O)OCc1ccccc1. The molecule has 0 aromatic heterocycles. The summed E-state index contributed by atoms with van der Waals surface area (Å²) in [4.78, 5) is 25.9. The van der Waals surface area contributed by atoms with E-state index in [1.54, 1.807) is 6.08 Å². The molecule has 130 valence electrons. The Labute approximate surface area is 141 Å². The molecular formula is C18H22FNO4. The summed E-state index contributed by atoms with van der Waals surface area (Å²) in [6.07, 6.45) is 0.248. The van der Waals surface area contributed by atoms with Crippen LogP contribution in [-0.2, 0) is 20.9 Å². The van der Waals surface area contributed by atoms with Gasteiger partial charge in [0, 0.05) is 6.42 Å². The van der Waals surface area contributed by atoms with Crippen LogP contribution >= 0.6 is 0 Å². The predicted octanol–water partition coefficient (Wildman–Crippen LogP) is 3.25. The number of alkyl halides is 1. The van der Waals surface area contributed by atoms with Crippen LogP contribution in [0.1, 0.15) is 24.8 Å². The van der Waals surface area contributed by atoms with Gasteiger partial charge in [0.1, 0.15) is 18.3 Å². The maximum absolute atomic E-state index is 14.0. The lowest BCUT2D eigenvalue weighted by molar-refractivity contribution is -0.153. The second-order valence-corrected chi connectivity index (χ2v) is 5.80. The van der Waals surface area contributed by atoms with Crippen molar-refractivity contribution in [2.24, 2.45) is 0 Å². The van der Waals surface area contributed by atoms with Gasteiger partial charge in [-0.05, 0) is 18.4 Å². The van der Waals surface area contributed by atoms with E-state index in [9.17, 15) is 14.0 Å². The molecule has 1 aliphatic heterocycles. The van der Waals surface area contributed by atoms with Crippen LogP contribution in [0.25, 0.3) is 0 Å². The fourth-order valence-electron chi connectivity index (χ4n) is 3.02. The third-order valence-electron chi connectivity index (χ3n) is 4.21. The second kappa shape index (κ2) is 7.95. The van der Waals surface area contributed by atoms with Gasteiger partial charge >= 0.3 is 12.1 Å². The molecule has 0 N–H and O–H groups in total. The molecule has 24 heavy (non-hydrogen) atoms. The number of ether oxygens (including phenoxy) is 2. The molecule has 1 unspecified atom stereocenters. The van der Waals surface area contributed by atoms with Crippen LogP contribution in [0.3, 0.4) is 0 Å². The fourth-order valence-corrected chi connectivity index (χ4v) is 3.02. The monoisotopic (exact) mass is 335 g/mol. The number of methoxy groups -OCH3 is 1. The number of carbonyl (C=O) groups excluding carboxylic acids is 2. The number of likely N-dealkylation sites (tertiary alicyclic amines) is 1. The number of hydrogen-bond acceptors (Lipinski definition) is 4. The van der Waals surface area contributed by atoms with Gasteiger partial charge in [0.15, 0.2) is 0 Å². The van der Waals surface area contributed by atoms with Gasteiger partial charge in [-0.1, -0.05) is 36.4 Å². The minimum atomic E-state index is -1.34. The molecule has 0 aliphatic carbocycles.